The quantitative estimate of drug-likeness (QED) is 0.794. The van der Waals surface area contributed by atoms with Crippen molar-refractivity contribution in [2.45, 2.75) is 25.1 Å². The maximum absolute atomic E-state index is 12.0. The van der Waals surface area contributed by atoms with E-state index < -0.39 is 6.10 Å². The molecule has 0 spiro atoms. The van der Waals surface area contributed by atoms with E-state index in [0.717, 1.165) is 5.56 Å². The van der Waals surface area contributed by atoms with Crippen molar-refractivity contribution in [3.63, 3.8) is 0 Å². The molecule has 2 atom stereocenters. The van der Waals surface area contributed by atoms with Crippen molar-refractivity contribution in [2.24, 2.45) is 0 Å². The maximum atomic E-state index is 12.0. The number of nitrogens with zero attached hydrogens (tertiary/aromatic N) is 1. The van der Waals surface area contributed by atoms with Gasteiger partial charge in [-0.1, -0.05) is 30.3 Å². The van der Waals surface area contributed by atoms with Crippen molar-refractivity contribution in [1.82, 2.24) is 10.2 Å². The third-order valence-corrected chi connectivity index (χ3v) is 3.04. The minimum absolute atomic E-state index is 0.0467. The van der Waals surface area contributed by atoms with E-state index in [9.17, 15) is 9.90 Å². The lowest BCUT2D eigenvalue weighted by Crippen LogP contribution is -2.41. The molecule has 2 N–H and O–H groups in total. The zero-order valence-electron chi connectivity index (χ0n) is 9.97. The number of hydrogen-bond donors (Lipinski definition) is 2. The van der Waals surface area contributed by atoms with Gasteiger partial charge >= 0.3 is 0 Å². The minimum atomic E-state index is -0.394. The number of aliphatic hydroxyl groups excluding tert-OH is 1. The van der Waals surface area contributed by atoms with E-state index in [-0.39, 0.29) is 11.9 Å². The molecule has 0 aliphatic carbocycles. The predicted octanol–water partition coefficient (Wildman–Crippen LogP) is 0.368. The standard InChI is InChI=1S/C13H18N2O2/c1-15(9-10-5-3-2-4-6-10)13(17)12-7-11(16)8-14-12/h2-6,11-12,14,16H,7-9H2,1H3/t11-,12+/m1/s1. The zero-order valence-corrected chi connectivity index (χ0v) is 9.97. The molecule has 4 nitrogen and oxygen atoms in total. The second-order valence-electron chi connectivity index (χ2n) is 4.53. The molecule has 1 aromatic carbocycles. The average molecular weight is 234 g/mol. The second-order valence-corrected chi connectivity index (χ2v) is 4.53. The highest BCUT2D eigenvalue weighted by molar-refractivity contribution is 5.82. The molecule has 2 rings (SSSR count). The highest BCUT2D eigenvalue weighted by Gasteiger charge is 2.29. The van der Waals surface area contributed by atoms with Crippen molar-refractivity contribution >= 4 is 5.91 Å². The second kappa shape index (κ2) is 5.29. The van der Waals surface area contributed by atoms with Gasteiger partial charge in [-0.05, 0) is 12.0 Å². The van der Waals surface area contributed by atoms with Crippen LogP contribution in [0.3, 0.4) is 0 Å². The lowest BCUT2D eigenvalue weighted by atomic mass is 10.1. The number of aliphatic hydroxyl groups is 1. The summed E-state index contributed by atoms with van der Waals surface area (Å²) in [5, 5.41) is 12.4. The third-order valence-electron chi connectivity index (χ3n) is 3.04. The Morgan fingerprint density at radius 1 is 1.47 bits per heavy atom. The monoisotopic (exact) mass is 234 g/mol. The van der Waals surface area contributed by atoms with E-state index in [4.69, 9.17) is 0 Å². The number of nitrogens with one attached hydrogen (secondary N) is 1. The molecule has 0 radical (unpaired) electrons. The van der Waals surface area contributed by atoms with Crippen molar-refractivity contribution in [2.75, 3.05) is 13.6 Å². The van der Waals surface area contributed by atoms with Crippen molar-refractivity contribution in [1.29, 1.82) is 0 Å². The fourth-order valence-electron chi connectivity index (χ4n) is 2.11. The molecule has 1 heterocycles. The number of carbonyl (C=O) groups is 1. The molecule has 1 saturated heterocycles. The van der Waals surface area contributed by atoms with Crippen LogP contribution in [0.15, 0.2) is 30.3 Å². The summed E-state index contributed by atoms with van der Waals surface area (Å²) in [7, 11) is 1.79. The van der Waals surface area contributed by atoms with Gasteiger partial charge in [0.25, 0.3) is 0 Å². The van der Waals surface area contributed by atoms with Crippen LogP contribution in [-0.4, -0.2) is 41.7 Å². The summed E-state index contributed by atoms with van der Waals surface area (Å²) in [4.78, 5) is 13.7. The Kier molecular flexibility index (Phi) is 3.76. The van der Waals surface area contributed by atoms with Gasteiger partial charge < -0.3 is 15.3 Å². The van der Waals surface area contributed by atoms with Gasteiger partial charge in [-0.25, -0.2) is 0 Å². The molecule has 1 amide bonds. The lowest BCUT2D eigenvalue weighted by molar-refractivity contribution is -0.132. The summed E-state index contributed by atoms with van der Waals surface area (Å²) in [6.45, 7) is 1.11. The Labute approximate surface area is 101 Å². The van der Waals surface area contributed by atoms with E-state index in [0.29, 0.717) is 19.5 Å². The summed E-state index contributed by atoms with van der Waals surface area (Å²) in [5.41, 5.74) is 1.11. The number of benzene rings is 1. The fourth-order valence-corrected chi connectivity index (χ4v) is 2.11. The minimum Gasteiger partial charge on any atom is -0.392 e. The molecule has 17 heavy (non-hydrogen) atoms. The Hall–Kier alpha value is -1.39. The van der Waals surface area contributed by atoms with Gasteiger partial charge in [-0.2, -0.15) is 0 Å². The first-order valence-electron chi connectivity index (χ1n) is 5.87. The van der Waals surface area contributed by atoms with Crippen LogP contribution in [0.1, 0.15) is 12.0 Å². The molecular formula is C13H18N2O2. The van der Waals surface area contributed by atoms with E-state index in [1.54, 1.807) is 11.9 Å². The van der Waals surface area contributed by atoms with Gasteiger partial charge in [0.05, 0.1) is 12.1 Å². The fraction of sp³-hybridized carbons (Fsp3) is 0.462. The highest BCUT2D eigenvalue weighted by atomic mass is 16.3. The number of rotatable bonds is 3. The van der Waals surface area contributed by atoms with Crippen LogP contribution in [-0.2, 0) is 11.3 Å². The number of amides is 1. The van der Waals surface area contributed by atoms with Crippen LogP contribution in [0.25, 0.3) is 0 Å². The normalized spacial score (nSPS) is 23.6. The molecule has 92 valence electrons. The van der Waals surface area contributed by atoms with E-state index >= 15 is 0 Å². The summed E-state index contributed by atoms with van der Waals surface area (Å²) in [5.74, 6) is 0.0467. The molecule has 1 aliphatic heterocycles. The SMILES string of the molecule is CN(Cc1ccccc1)C(=O)[C@@H]1C[C@@H](O)CN1. The van der Waals surface area contributed by atoms with Crippen LogP contribution >= 0.6 is 0 Å². The maximum Gasteiger partial charge on any atom is 0.239 e. The van der Waals surface area contributed by atoms with Gasteiger partial charge in [0.15, 0.2) is 0 Å². The van der Waals surface area contributed by atoms with Crippen molar-refractivity contribution < 1.29 is 9.90 Å². The van der Waals surface area contributed by atoms with E-state index in [2.05, 4.69) is 5.32 Å². The highest BCUT2D eigenvalue weighted by Crippen LogP contribution is 2.11. The Balaban J connectivity index is 1.92. The average Bonchev–Trinajstić information content (AvgIpc) is 2.76. The number of hydrogen-bond acceptors (Lipinski definition) is 3. The van der Waals surface area contributed by atoms with Gasteiger partial charge in [0, 0.05) is 20.1 Å². The predicted molar refractivity (Wildman–Crippen MR) is 65.3 cm³/mol. The smallest absolute Gasteiger partial charge is 0.239 e. The van der Waals surface area contributed by atoms with Gasteiger partial charge in [-0.3, -0.25) is 4.79 Å². The van der Waals surface area contributed by atoms with Gasteiger partial charge in [0.2, 0.25) is 5.91 Å². The van der Waals surface area contributed by atoms with E-state index in [1.165, 1.54) is 0 Å². The van der Waals surface area contributed by atoms with E-state index in [1.807, 2.05) is 30.3 Å². The van der Waals surface area contributed by atoms with Crippen molar-refractivity contribution in [3.05, 3.63) is 35.9 Å². The first-order chi connectivity index (χ1) is 8.16. The molecular weight excluding hydrogens is 216 g/mol. The van der Waals surface area contributed by atoms with Crippen LogP contribution in [0.2, 0.25) is 0 Å². The lowest BCUT2D eigenvalue weighted by Gasteiger charge is -2.21. The first-order valence-corrected chi connectivity index (χ1v) is 5.87. The summed E-state index contributed by atoms with van der Waals surface area (Å²) >= 11 is 0. The van der Waals surface area contributed by atoms with Crippen LogP contribution < -0.4 is 5.32 Å². The Bertz CT molecular complexity index is 380. The molecule has 1 aliphatic rings. The molecule has 4 heteroatoms. The van der Waals surface area contributed by atoms with Crippen LogP contribution in [0.4, 0.5) is 0 Å². The summed E-state index contributed by atoms with van der Waals surface area (Å²) in [6, 6.07) is 9.65. The first kappa shape index (κ1) is 12.1. The molecule has 1 aromatic rings. The van der Waals surface area contributed by atoms with Crippen LogP contribution in [0.5, 0.6) is 0 Å². The molecule has 0 bridgehead atoms. The summed E-state index contributed by atoms with van der Waals surface area (Å²) in [6.07, 6.45) is 0.117. The molecule has 1 fully saturated rings. The number of carbonyl (C=O) groups excluding carboxylic acids is 1. The molecule has 0 unspecified atom stereocenters. The van der Waals surface area contributed by atoms with Crippen molar-refractivity contribution in [3.8, 4) is 0 Å². The number of likely N-dealkylation sites (N-methyl/N-ethyl adjacent to an activating group) is 1. The van der Waals surface area contributed by atoms with Crippen LogP contribution in [0, 0.1) is 0 Å². The largest absolute Gasteiger partial charge is 0.392 e. The van der Waals surface area contributed by atoms with Gasteiger partial charge in [-0.15, -0.1) is 0 Å². The van der Waals surface area contributed by atoms with Gasteiger partial charge in [0.1, 0.15) is 0 Å². The molecule has 0 saturated carbocycles. The topological polar surface area (TPSA) is 52.6 Å². The number of β-amino-alcohol motifs (C(OH)–C–C–N with tert-alkyl or cyclic N) is 1. The third kappa shape index (κ3) is 3.05. The molecule has 0 aromatic heterocycles. The summed E-state index contributed by atoms with van der Waals surface area (Å²) < 4.78 is 0. The Morgan fingerprint density at radius 3 is 2.76 bits per heavy atom. The Morgan fingerprint density at radius 2 is 2.18 bits per heavy atom. The zero-order chi connectivity index (χ0) is 12.3.